The topological polar surface area (TPSA) is 80.0 Å². The minimum atomic E-state index is -0.641. The molecular weight excluding hydrogens is 264 g/mol. The third-order valence-electron chi connectivity index (χ3n) is 3.23. The van der Waals surface area contributed by atoms with E-state index in [4.69, 9.17) is 4.42 Å². The Morgan fingerprint density at radius 1 is 1.42 bits per heavy atom. The molecule has 1 aliphatic heterocycles. The van der Waals surface area contributed by atoms with Crippen LogP contribution in [0.2, 0.25) is 0 Å². The number of nitrogens with one attached hydrogen (secondary N) is 2. The molecule has 2 rings (SSSR count). The van der Waals surface area contributed by atoms with Gasteiger partial charge in [0.2, 0.25) is 5.89 Å². The van der Waals surface area contributed by atoms with Crippen LogP contribution in [0.15, 0.2) is 4.42 Å². The van der Waals surface area contributed by atoms with E-state index in [2.05, 4.69) is 27.8 Å². The molecule has 1 unspecified atom stereocenters. The first kappa shape index (κ1) is 14.5. The van der Waals surface area contributed by atoms with Gasteiger partial charge < -0.3 is 15.1 Å². The van der Waals surface area contributed by atoms with Crippen molar-refractivity contribution in [2.75, 3.05) is 23.4 Å². The summed E-state index contributed by atoms with van der Waals surface area (Å²) >= 11 is 0. The first-order valence-electron chi connectivity index (χ1n) is 6.87. The van der Waals surface area contributed by atoms with Crippen LogP contribution in [0.3, 0.4) is 0 Å². The average Bonchev–Trinajstić information content (AvgIpc) is 2.87. The van der Waals surface area contributed by atoms with Crippen molar-refractivity contribution in [1.29, 1.82) is 0 Å². The maximum absolute atomic E-state index is 11.3. The monoisotopic (exact) mass is 286 g/mol. The molecule has 0 saturated carbocycles. The Morgan fingerprint density at radius 2 is 2.16 bits per heavy atom. The van der Waals surface area contributed by atoms with Gasteiger partial charge in [0, 0.05) is 28.3 Å². The number of rotatable bonds is 6. The molecule has 0 spiro atoms. The van der Waals surface area contributed by atoms with E-state index in [9.17, 15) is 4.21 Å². The molecule has 19 heavy (non-hydrogen) atoms. The number of aromatic nitrogens is 2. The van der Waals surface area contributed by atoms with Crippen LogP contribution in [0.1, 0.15) is 45.0 Å². The molecule has 2 heterocycles. The third-order valence-corrected chi connectivity index (χ3v) is 4.61. The van der Waals surface area contributed by atoms with E-state index < -0.39 is 10.8 Å². The Labute approximate surface area is 116 Å². The van der Waals surface area contributed by atoms with E-state index in [1.165, 1.54) is 0 Å². The van der Waals surface area contributed by atoms with Crippen LogP contribution in [-0.4, -0.2) is 38.5 Å². The molecule has 1 fully saturated rings. The molecule has 1 saturated heterocycles. The summed E-state index contributed by atoms with van der Waals surface area (Å²) in [6, 6.07) is 0.838. The molecule has 1 atom stereocenters. The van der Waals surface area contributed by atoms with Crippen molar-refractivity contribution >= 4 is 16.8 Å². The maximum Gasteiger partial charge on any atom is 0.315 e. The van der Waals surface area contributed by atoms with Gasteiger partial charge in [0.05, 0.1) is 6.04 Å². The normalized spacial score (nSPS) is 25.2. The summed E-state index contributed by atoms with van der Waals surface area (Å²) < 4.78 is 16.9. The fourth-order valence-corrected chi connectivity index (χ4v) is 3.33. The van der Waals surface area contributed by atoms with E-state index in [1.807, 2.05) is 6.92 Å². The van der Waals surface area contributed by atoms with Crippen LogP contribution in [0.5, 0.6) is 0 Å². The molecule has 0 aliphatic carbocycles. The largest absolute Gasteiger partial charge is 0.406 e. The van der Waals surface area contributed by atoms with Gasteiger partial charge in [-0.25, -0.2) is 0 Å². The molecule has 1 aromatic heterocycles. The van der Waals surface area contributed by atoms with Crippen molar-refractivity contribution in [3.05, 3.63) is 5.89 Å². The van der Waals surface area contributed by atoms with Gasteiger partial charge in [0.15, 0.2) is 0 Å². The summed E-state index contributed by atoms with van der Waals surface area (Å²) in [5.74, 6) is 2.12. The molecule has 1 aromatic rings. The van der Waals surface area contributed by atoms with Gasteiger partial charge in [-0.1, -0.05) is 12.0 Å². The zero-order chi connectivity index (χ0) is 13.7. The Hall–Kier alpha value is -0.950. The van der Waals surface area contributed by atoms with Crippen LogP contribution in [0.4, 0.5) is 6.01 Å². The smallest absolute Gasteiger partial charge is 0.315 e. The molecule has 0 aromatic carbocycles. The highest BCUT2D eigenvalue weighted by Crippen LogP contribution is 2.18. The highest BCUT2D eigenvalue weighted by Gasteiger charge is 2.20. The SMILES string of the molecule is CCCNC(C)c1nnc(NC2CCS(=O)CC2)o1. The Kier molecular flexibility index (Phi) is 5.33. The molecule has 0 amide bonds. The van der Waals surface area contributed by atoms with Gasteiger partial charge in [0.1, 0.15) is 0 Å². The summed E-state index contributed by atoms with van der Waals surface area (Å²) in [5.41, 5.74) is 0. The van der Waals surface area contributed by atoms with Crippen molar-refractivity contribution in [3.63, 3.8) is 0 Å². The average molecular weight is 286 g/mol. The number of anilines is 1. The van der Waals surface area contributed by atoms with Crippen LogP contribution in [0.25, 0.3) is 0 Å². The van der Waals surface area contributed by atoms with Gasteiger partial charge in [-0.05, 0) is 32.7 Å². The second kappa shape index (κ2) is 7.00. The highest BCUT2D eigenvalue weighted by atomic mass is 32.2. The predicted molar refractivity (Wildman–Crippen MR) is 75.5 cm³/mol. The molecule has 1 aliphatic rings. The van der Waals surface area contributed by atoms with E-state index >= 15 is 0 Å². The standard InChI is InChI=1S/C12H22N4O2S/c1-3-6-13-9(2)11-15-16-12(18-11)14-10-4-7-19(17)8-5-10/h9-10,13H,3-8H2,1-2H3,(H,14,16). The number of hydrogen-bond donors (Lipinski definition) is 2. The Bertz CT molecular complexity index is 414. The summed E-state index contributed by atoms with van der Waals surface area (Å²) in [6.07, 6.45) is 2.87. The quantitative estimate of drug-likeness (QED) is 0.824. The van der Waals surface area contributed by atoms with Crippen molar-refractivity contribution < 1.29 is 8.63 Å². The summed E-state index contributed by atoms with van der Waals surface area (Å²) in [6.45, 7) is 5.06. The Morgan fingerprint density at radius 3 is 2.84 bits per heavy atom. The molecule has 0 bridgehead atoms. The molecule has 2 N–H and O–H groups in total. The van der Waals surface area contributed by atoms with Crippen LogP contribution < -0.4 is 10.6 Å². The van der Waals surface area contributed by atoms with Gasteiger partial charge in [-0.2, -0.15) is 0 Å². The lowest BCUT2D eigenvalue weighted by molar-refractivity contribution is 0.419. The molecule has 6 nitrogen and oxygen atoms in total. The third kappa shape index (κ3) is 4.28. The van der Waals surface area contributed by atoms with Crippen LogP contribution >= 0.6 is 0 Å². The fraction of sp³-hybridized carbons (Fsp3) is 0.833. The van der Waals surface area contributed by atoms with E-state index in [-0.39, 0.29) is 6.04 Å². The predicted octanol–water partition coefficient (Wildman–Crippen LogP) is 1.45. The second-order valence-corrected chi connectivity index (χ2v) is 6.58. The molecule has 0 radical (unpaired) electrons. The van der Waals surface area contributed by atoms with Crippen molar-refractivity contribution in [2.45, 2.75) is 45.2 Å². The van der Waals surface area contributed by atoms with Gasteiger partial charge >= 0.3 is 6.01 Å². The zero-order valence-electron chi connectivity index (χ0n) is 11.5. The molecular formula is C12H22N4O2S. The summed E-state index contributed by atoms with van der Waals surface area (Å²) in [5, 5.41) is 14.6. The van der Waals surface area contributed by atoms with Gasteiger partial charge in [-0.3, -0.25) is 4.21 Å². The Balaban J connectivity index is 1.85. The van der Waals surface area contributed by atoms with E-state index in [0.717, 1.165) is 37.3 Å². The van der Waals surface area contributed by atoms with Gasteiger partial charge in [-0.15, -0.1) is 5.10 Å². The fourth-order valence-electron chi connectivity index (χ4n) is 2.03. The summed E-state index contributed by atoms with van der Waals surface area (Å²) in [4.78, 5) is 0. The lowest BCUT2D eigenvalue weighted by atomic mass is 10.2. The zero-order valence-corrected chi connectivity index (χ0v) is 12.3. The van der Waals surface area contributed by atoms with Crippen molar-refractivity contribution in [3.8, 4) is 0 Å². The second-order valence-electron chi connectivity index (χ2n) is 4.89. The van der Waals surface area contributed by atoms with E-state index in [0.29, 0.717) is 17.9 Å². The first-order chi connectivity index (χ1) is 9.19. The minimum Gasteiger partial charge on any atom is -0.406 e. The number of nitrogens with zero attached hydrogens (tertiary/aromatic N) is 2. The minimum absolute atomic E-state index is 0.0712. The van der Waals surface area contributed by atoms with Crippen LogP contribution in [0, 0.1) is 0 Å². The lowest BCUT2D eigenvalue weighted by Gasteiger charge is -2.21. The summed E-state index contributed by atoms with van der Waals surface area (Å²) in [7, 11) is -0.641. The van der Waals surface area contributed by atoms with Crippen LogP contribution in [-0.2, 0) is 10.8 Å². The van der Waals surface area contributed by atoms with Crippen molar-refractivity contribution in [2.24, 2.45) is 0 Å². The van der Waals surface area contributed by atoms with E-state index in [1.54, 1.807) is 0 Å². The lowest BCUT2D eigenvalue weighted by Crippen LogP contribution is -2.29. The van der Waals surface area contributed by atoms with Crippen molar-refractivity contribution in [1.82, 2.24) is 15.5 Å². The van der Waals surface area contributed by atoms with Gasteiger partial charge in [0.25, 0.3) is 0 Å². The molecule has 108 valence electrons. The highest BCUT2D eigenvalue weighted by molar-refractivity contribution is 7.85. The maximum atomic E-state index is 11.3. The first-order valence-corrected chi connectivity index (χ1v) is 8.36. The molecule has 7 heteroatoms. The number of hydrogen-bond acceptors (Lipinski definition) is 6.